The first-order chi connectivity index (χ1) is 14.4. The summed E-state index contributed by atoms with van der Waals surface area (Å²) in [7, 11) is -3.59. The summed E-state index contributed by atoms with van der Waals surface area (Å²) in [6.07, 6.45) is 1.26. The number of sulfonamides is 1. The number of nitrogens with zero attached hydrogens (tertiary/aromatic N) is 1. The van der Waals surface area contributed by atoms with Crippen LogP contribution < -0.4 is 5.32 Å². The molecule has 0 bridgehead atoms. The van der Waals surface area contributed by atoms with Gasteiger partial charge >= 0.3 is 0 Å². The molecule has 7 heteroatoms. The summed E-state index contributed by atoms with van der Waals surface area (Å²) in [5, 5.41) is 4.96. The van der Waals surface area contributed by atoms with Crippen molar-refractivity contribution >= 4 is 32.4 Å². The van der Waals surface area contributed by atoms with Crippen LogP contribution >= 0.6 is 0 Å². The van der Waals surface area contributed by atoms with E-state index >= 15 is 0 Å². The third-order valence-electron chi connectivity index (χ3n) is 5.46. The molecule has 0 radical (unpaired) electrons. The maximum Gasteiger partial charge on any atom is 0.228 e. The highest BCUT2D eigenvalue weighted by Gasteiger charge is 2.32. The monoisotopic (exact) mass is 426 g/mol. The normalized spacial score (nSPS) is 17.7. The number of hydrogen-bond donors (Lipinski definition) is 1. The Balaban J connectivity index is 1.46. The van der Waals surface area contributed by atoms with Crippen LogP contribution in [0.5, 0.6) is 0 Å². The third kappa shape index (κ3) is 4.52. The predicted molar refractivity (Wildman–Crippen MR) is 116 cm³/mol. The number of amides is 1. The number of piperidine rings is 1. The number of anilines is 1. The van der Waals surface area contributed by atoms with Crippen LogP contribution in [0.15, 0.2) is 66.7 Å². The molecule has 5 nitrogen and oxygen atoms in total. The fourth-order valence-corrected chi connectivity index (χ4v) is 5.47. The second-order valence-electron chi connectivity index (χ2n) is 7.60. The molecule has 1 fully saturated rings. The number of nitrogens with one attached hydrogen (secondary N) is 1. The lowest BCUT2D eigenvalue weighted by Crippen LogP contribution is -2.44. The average molecular weight is 427 g/mol. The first-order valence-corrected chi connectivity index (χ1v) is 11.5. The van der Waals surface area contributed by atoms with E-state index in [1.807, 2.05) is 42.5 Å². The van der Waals surface area contributed by atoms with E-state index in [-0.39, 0.29) is 18.2 Å². The Morgan fingerprint density at radius 3 is 2.57 bits per heavy atom. The van der Waals surface area contributed by atoms with Gasteiger partial charge in [-0.15, -0.1) is 0 Å². The van der Waals surface area contributed by atoms with Crippen LogP contribution in [-0.2, 0) is 20.6 Å². The predicted octanol–water partition coefficient (Wildman–Crippen LogP) is 4.16. The van der Waals surface area contributed by atoms with Gasteiger partial charge in [0.2, 0.25) is 15.9 Å². The number of hydrogen-bond acceptors (Lipinski definition) is 3. The average Bonchev–Trinajstić information content (AvgIpc) is 2.75. The largest absolute Gasteiger partial charge is 0.325 e. The minimum absolute atomic E-state index is 0.153. The molecule has 1 aliphatic rings. The minimum atomic E-state index is -3.59. The number of carbonyl (C=O) groups is 1. The lowest BCUT2D eigenvalue weighted by atomic mass is 9.98. The van der Waals surface area contributed by atoms with E-state index < -0.39 is 21.8 Å². The molecule has 0 aliphatic carbocycles. The fraction of sp³-hybridized carbons (Fsp3) is 0.261. The molecule has 30 heavy (non-hydrogen) atoms. The molecule has 156 valence electrons. The van der Waals surface area contributed by atoms with Crippen LogP contribution in [0.4, 0.5) is 10.1 Å². The van der Waals surface area contributed by atoms with Crippen molar-refractivity contribution < 1.29 is 17.6 Å². The van der Waals surface area contributed by atoms with E-state index in [0.29, 0.717) is 24.9 Å². The van der Waals surface area contributed by atoms with Crippen molar-refractivity contribution in [3.8, 4) is 0 Å². The highest BCUT2D eigenvalue weighted by Crippen LogP contribution is 2.26. The molecule has 4 rings (SSSR count). The molecule has 0 unspecified atom stereocenters. The van der Waals surface area contributed by atoms with E-state index in [1.54, 1.807) is 0 Å². The summed E-state index contributed by atoms with van der Waals surface area (Å²) in [5.41, 5.74) is 1.25. The van der Waals surface area contributed by atoms with Crippen LogP contribution in [0, 0.1) is 11.7 Å². The van der Waals surface area contributed by atoms with E-state index in [2.05, 4.69) is 5.32 Å². The van der Waals surface area contributed by atoms with Crippen molar-refractivity contribution in [3.05, 3.63) is 78.1 Å². The van der Waals surface area contributed by atoms with Gasteiger partial charge < -0.3 is 5.32 Å². The molecule has 1 aliphatic heterocycles. The van der Waals surface area contributed by atoms with Gasteiger partial charge in [0.15, 0.2) is 0 Å². The Morgan fingerprint density at radius 1 is 1.03 bits per heavy atom. The molecule has 0 saturated carbocycles. The highest BCUT2D eigenvalue weighted by atomic mass is 32.2. The summed E-state index contributed by atoms with van der Waals surface area (Å²) < 4.78 is 40.2. The van der Waals surface area contributed by atoms with Gasteiger partial charge in [-0.05, 0) is 42.0 Å². The molecule has 0 spiro atoms. The van der Waals surface area contributed by atoms with Crippen molar-refractivity contribution in [2.75, 3.05) is 18.4 Å². The standard InChI is InChI=1S/C23H23FN2O3S/c24-20-12-10-17(11-13-20)16-30(28,29)26-14-4-7-19(15-26)23(27)25-22-9-3-6-18-5-1-2-8-21(18)22/h1-3,5-6,8-13,19H,4,7,14-16H2,(H,25,27)/t19-/m1/s1. The molecule has 0 aromatic heterocycles. The SMILES string of the molecule is O=C(Nc1cccc2ccccc12)[C@@H]1CCCN(S(=O)(=O)Cc2ccc(F)cc2)C1. The lowest BCUT2D eigenvalue weighted by molar-refractivity contribution is -0.120. The van der Waals surface area contributed by atoms with Gasteiger partial charge in [0.25, 0.3) is 0 Å². The first-order valence-electron chi connectivity index (χ1n) is 9.93. The Hall–Kier alpha value is -2.77. The number of rotatable bonds is 5. The van der Waals surface area contributed by atoms with E-state index in [4.69, 9.17) is 0 Å². The van der Waals surface area contributed by atoms with Crippen LogP contribution in [0.1, 0.15) is 18.4 Å². The molecule has 1 saturated heterocycles. The molecular formula is C23H23FN2O3S. The zero-order chi connectivity index (χ0) is 21.1. The number of benzene rings is 3. The summed E-state index contributed by atoms with van der Waals surface area (Å²) in [6.45, 7) is 0.543. The Bertz CT molecular complexity index is 1160. The first kappa shape index (κ1) is 20.5. The second kappa shape index (κ2) is 8.53. The molecule has 1 heterocycles. The summed E-state index contributed by atoms with van der Waals surface area (Å²) in [5.74, 6) is -1.20. The van der Waals surface area contributed by atoms with Crippen LogP contribution in [-0.4, -0.2) is 31.7 Å². The van der Waals surface area contributed by atoms with Crippen LogP contribution in [0.3, 0.4) is 0 Å². The van der Waals surface area contributed by atoms with E-state index in [0.717, 1.165) is 16.5 Å². The number of fused-ring (bicyclic) bond motifs is 1. The molecule has 1 N–H and O–H groups in total. The van der Waals surface area contributed by atoms with E-state index in [1.165, 1.54) is 28.6 Å². The van der Waals surface area contributed by atoms with Gasteiger partial charge in [-0.3, -0.25) is 4.79 Å². The smallest absolute Gasteiger partial charge is 0.228 e. The minimum Gasteiger partial charge on any atom is -0.325 e. The second-order valence-corrected chi connectivity index (χ2v) is 9.56. The molecular weight excluding hydrogens is 403 g/mol. The maximum absolute atomic E-state index is 13.1. The molecule has 3 aromatic rings. The van der Waals surface area contributed by atoms with Crippen molar-refractivity contribution in [3.63, 3.8) is 0 Å². The van der Waals surface area contributed by atoms with E-state index in [9.17, 15) is 17.6 Å². The summed E-state index contributed by atoms with van der Waals surface area (Å²) in [6, 6.07) is 19.0. The molecule has 1 amide bonds. The summed E-state index contributed by atoms with van der Waals surface area (Å²) >= 11 is 0. The van der Waals surface area contributed by atoms with Crippen LogP contribution in [0.25, 0.3) is 10.8 Å². The van der Waals surface area contributed by atoms with Gasteiger partial charge in [-0.2, -0.15) is 0 Å². The summed E-state index contributed by atoms with van der Waals surface area (Å²) in [4.78, 5) is 12.9. The highest BCUT2D eigenvalue weighted by molar-refractivity contribution is 7.88. The zero-order valence-electron chi connectivity index (χ0n) is 16.4. The molecule has 1 atom stereocenters. The quantitative estimate of drug-likeness (QED) is 0.666. The van der Waals surface area contributed by atoms with Gasteiger partial charge in [-0.25, -0.2) is 17.1 Å². The third-order valence-corrected chi connectivity index (χ3v) is 7.27. The van der Waals surface area contributed by atoms with Crippen molar-refractivity contribution in [2.24, 2.45) is 5.92 Å². The molecule has 3 aromatic carbocycles. The van der Waals surface area contributed by atoms with Gasteiger partial charge in [0, 0.05) is 24.2 Å². The topological polar surface area (TPSA) is 66.5 Å². The van der Waals surface area contributed by atoms with Crippen LogP contribution in [0.2, 0.25) is 0 Å². The van der Waals surface area contributed by atoms with Crippen molar-refractivity contribution in [2.45, 2.75) is 18.6 Å². The lowest BCUT2D eigenvalue weighted by Gasteiger charge is -2.31. The number of halogens is 1. The maximum atomic E-state index is 13.1. The Labute approximate surface area is 175 Å². The fourth-order valence-electron chi connectivity index (χ4n) is 3.86. The van der Waals surface area contributed by atoms with Gasteiger partial charge in [0.1, 0.15) is 5.82 Å². The van der Waals surface area contributed by atoms with Crippen molar-refractivity contribution in [1.29, 1.82) is 0 Å². The number of carbonyl (C=O) groups excluding carboxylic acids is 1. The Morgan fingerprint density at radius 2 is 1.77 bits per heavy atom. The van der Waals surface area contributed by atoms with Crippen molar-refractivity contribution in [1.82, 2.24) is 4.31 Å². The van der Waals surface area contributed by atoms with Gasteiger partial charge in [-0.1, -0.05) is 48.5 Å². The zero-order valence-corrected chi connectivity index (χ0v) is 17.2. The Kier molecular flexibility index (Phi) is 5.83. The van der Waals surface area contributed by atoms with Gasteiger partial charge in [0.05, 0.1) is 11.7 Å².